The zero-order chi connectivity index (χ0) is 16.4. The van der Waals surface area contributed by atoms with E-state index in [1.807, 2.05) is 19.1 Å². The van der Waals surface area contributed by atoms with Gasteiger partial charge in [0.2, 0.25) is 10.0 Å². The van der Waals surface area contributed by atoms with Gasteiger partial charge in [0.1, 0.15) is 0 Å². The summed E-state index contributed by atoms with van der Waals surface area (Å²) in [5.74, 6) is 0. The van der Waals surface area contributed by atoms with E-state index in [0.29, 0.717) is 11.4 Å². The van der Waals surface area contributed by atoms with Gasteiger partial charge in [-0.3, -0.25) is 0 Å². The lowest BCUT2D eigenvalue weighted by atomic mass is 10.0. The molecule has 1 aliphatic rings. The molecule has 23 heavy (non-hydrogen) atoms. The topological polar surface area (TPSA) is 37.4 Å². The largest absolute Gasteiger partial charge is 0.243 e. The van der Waals surface area contributed by atoms with Gasteiger partial charge in [-0.15, -0.1) is 0 Å². The van der Waals surface area contributed by atoms with Gasteiger partial charge in [-0.05, 0) is 49.9 Å². The zero-order valence-corrected chi connectivity index (χ0v) is 14.5. The van der Waals surface area contributed by atoms with Crippen molar-refractivity contribution in [1.82, 2.24) is 4.31 Å². The zero-order valence-electron chi connectivity index (χ0n) is 13.7. The Balaban J connectivity index is 1.88. The molecule has 1 saturated heterocycles. The summed E-state index contributed by atoms with van der Waals surface area (Å²) in [5, 5.41) is 0. The van der Waals surface area contributed by atoms with E-state index >= 15 is 0 Å². The first-order valence-corrected chi connectivity index (χ1v) is 9.61. The molecule has 0 saturated carbocycles. The van der Waals surface area contributed by atoms with Crippen LogP contribution in [0.2, 0.25) is 0 Å². The van der Waals surface area contributed by atoms with E-state index in [0.717, 1.165) is 30.4 Å². The predicted molar refractivity (Wildman–Crippen MR) is 93.8 cm³/mol. The van der Waals surface area contributed by atoms with Crippen LogP contribution in [-0.4, -0.2) is 25.3 Å². The Bertz CT molecular complexity index is 764. The monoisotopic (exact) mass is 329 g/mol. The van der Waals surface area contributed by atoms with Gasteiger partial charge in [0, 0.05) is 12.6 Å². The Morgan fingerprint density at radius 1 is 0.913 bits per heavy atom. The van der Waals surface area contributed by atoms with Crippen LogP contribution < -0.4 is 0 Å². The molecule has 0 bridgehead atoms. The summed E-state index contributed by atoms with van der Waals surface area (Å²) in [6, 6.07) is 15.6. The average molecular weight is 329 g/mol. The molecule has 1 heterocycles. The molecule has 2 aromatic rings. The maximum absolute atomic E-state index is 12.8. The molecule has 1 fully saturated rings. The quantitative estimate of drug-likeness (QED) is 0.845. The van der Waals surface area contributed by atoms with Gasteiger partial charge >= 0.3 is 0 Å². The highest BCUT2D eigenvalue weighted by atomic mass is 32.2. The van der Waals surface area contributed by atoms with Gasteiger partial charge in [-0.25, -0.2) is 8.42 Å². The van der Waals surface area contributed by atoms with Crippen LogP contribution in [0.15, 0.2) is 53.4 Å². The summed E-state index contributed by atoms with van der Waals surface area (Å²) < 4.78 is 27.3. The van der Waals surface area contributed by atoms with Crippen molar-refractivity contribution in [2.24, 2.45) is 0 Å². The highest BCUT2D eigenvalue weighted by Crippen LogP contribution is 2.27. The predicted octanol–water partition coefficient (Wildman–Crippen LogP) is 4.23. The lowest BCUT2D eigenvalue weighted by molar-refractivity contribution is 0.268. The molecule has 0 N–H and O–H groups in total. The third-order valence-corrected chi connectivity index (χ3v) is 6.62. The fourth-order valence-electron chi connectivity index (χ4n) is 3.13. The Morgan fingerprint density at radius 3 is 2.04 bits per heavy atom. The van der Waals surface area contributed by atoms with Crippen LogP contribution in [0.5, 0.6) is 0 Å². The standard InChI is InChI=1S/C19H23NO2S/c1-15-6-8-17(9-7-15)18-10-12-19(13-11-18)23(21,22)20-14-4-3-5-16(20)2/h6-13,16H,3-5,14H2,1-2H3/t16-/m0/s1. The molecule has 0 spiro atoms. The molecule has 122 valence electrons. The van der Waals surface area contributed by atoms with E-state index < -0.39 is 10.0 Å². The lowest BCUT2D eigenvalue weighted by Crippen LogP contribution is -2.41. The van der Waals surface area contributed by atoms with Crippen molar-refractivity contribution in [3.05, 3.63) is 54.1 Å². The van der Waals surface area contributed by atoms with Crippen molar-refractivity contribution < 1.29 is 8.42 Å². The second-order valence-electron chi connectivity index (χ2n) is 6.35. The number of benzene rings is 2. The first kappa shape index (κ1) is 16.2. The summed E-state index contributed by atoms with van der Waals surface area (Å²) in [6.07, 6.45) is 3.01. The smallest absolute Gasteiger partial charge is 0.207 e. The van der Waals surface area contributed by atoms with Gasteiger partial charge in [0.25, 0.3) is 0 Å². The molecule has 0 unspecified atom stereocenters. The molecular weight excluding hydrogens is 306 g/mol. The summed E-state index contributed by atoms with van der Waals surface area (Å²) in [5.41, 5.74) is 3.36. The number of hydrogen-bond acceptors (Lipinski definition) is 2. The number of hydrogen-bond donors (Lipinski definition) is 0. The molecule has 0 aliphatic carbocycles. The fourth-order valence-corrected chi connectivity index (χ4v) is 4.83. The van der Waals surface area contributed by atoms with Crippen LogP contribution in [0.4, 0.5) is 0 Å². The van der Waals surface area contributed by atoms with Gasteiger partial charge in [-0.2, -0.15) is 4.31 Å². The minimum Gasteiger partial charge on any atom is -0.207 e. The third kappa shape index (κ3) is 3.33. The Kier molecular flexibility index (Phi) is 4.55. The molecule has 3 rings (SSSR count). The van der Waals surface area contributed by atoms with Gasteiger partial charge in [0.15, 0.2) is 0 Å². The SMILES string of the molecule is Cc1ccc(-c2ccc(S(=O)(=O)N3CCCC[C@@H]3C)cc2)cc1. The number of aryl methyl sites for hydroxylation is 1. The van der Waals surface area contributed by atoms with E-state index in [1.165, 1.54) is 5.56 Å². The summed E-state index contributed by atoms with van der Waals surface area (Å²) in [7, 11) is -3.38. The highest BCUT2D eigenvalue weighted by Gasteiger charge is 2.30. The third-order valence-electron chi connectivity index (χ3n) is 4.59. The summed E-state index contributed by atoms with van der Waals surface area (Å²) in [6.45, 7) is 4.68. The number of piperidine rings is 1. The van der Waals surface area contributed by atoms with E-state index in [9.17, 15) is 8.42 Å². The normalized spacial score (nSPS) is 19.7. The van der Waals surface area contributed by atoms with Gasteiger partial charge in [-0.1, -0.05) is 48.4 Å². The van der Waals surface area contributed by atoms with E-state index in [4.69, 9.17) is 0 Å². The Hall–Kier alpha value is -1.65. The lowest BCUT2D eigenvalue weighted by Gasteiger charge is -2.32. The maximum atomic E-state index is 12.8. The molecule has 1 aliphatic heterocycles. The van der Waals surface area contributed by atoms with Crippen molar-refractivity contribution in [3.8, 4) is 11.1 Å². The number of rotatable bonds is 3. The van der Waals surface area contributed by atoms with Crippen molar-refractivity contribution in [3.63, 3.8) is 0 Å². The van der Waals surface area contributed by atoms with E-state index in [-0.39, 0.29) is 6.04 Å². The molecule has 0 amide bonds. The first-order chi connectivity index (χ1) is 11.0. The summed E-state index contributed by atoms with van der Waals surface area (Å²) >= 11 is 0. The van der Waals surface area contributed by atoms with Crippen molar-refractivity contribution in [1.29, 1.82) is 0 Å². The molecule has 1 atom stereocenters. The Morgan fingerprint density at radius 2 is 1.48 bits per heavy atom. The van der Waals surface area contributed by atoms with Crippen molar-refractivity contribution in [2.45, 2.75) is 44.0 Å². The summed E-state index contributed by atoms with van der Waals surface area (Å²) in [4.78, 5) is 0.391. The van der Waals surface area contributed by atoms with E-state index in [2.05, 4.69) is 31.2 Å². The van der Waals surface area contributed by atoms with Crippen LogP contribution >= 0.6 is 0 Å². The molecule has 4 heteroatoms. The Labute approximate surface area is 139 Å². The van der Waals surface area contributed by atoms with E-state index in [1.54, 1.807) is 16.4 Å². The number of nitrogens with zero attached hydrogens (tertiary/aromatic N) is 1. The average Bonchev–Trinajstić information content (AvgIpc) is 2.56. The second kappa shape index (κ2) is 6.46. The minimum absolute atomic E-state index is 0.0884. The molecule has 3 nitrogen and oxygen atoms in total. The molecule has 0 aromatic heterocycles. The van der Waals surface area contributed by atoms with Gasteiger partial charge < -0.3 is 0 Å². The highest BCUT2D eigenvalue weighted by molar-refractivity contribution is 7.89. The second-order valence-corrected chi connectivity index (χ2v) is 8.24. The maximum Gasteiger partial charge on any atom is 0.243 e. The van der Waals surface area contributed by atoms with Crippen LogP contribution in [0.1, 0.15) is 31.7 Å². The van der Waals surface area contributed by atoms with Crippen LogP contribution in [-0.2, 0) is 10.0 Å². The van der Waals surface area contributed by atoms with Crippen LogP contribution in [0.3, 0.4) is 0 Å². The van der Waals surface area contributed by atoms with Gasteiger partial charge in [0.05, 0.1) is 4.90 Å². The number of sulfonamides is 1. The minimum atomic E-state index is -3.38. The van der Waals surface area contributed by atoms with Crippen molar-refractivity contribution in [2.75, 3.05) is 6.54 Å². The van der Waals surface area contributed by atoms with Crippen LogP contribution in [0, 0.1) is 6.92 Å². The molecule has 0 radical (unpaired) electrons. The first-order valence-electron chi connectivity index (χ1n) is 8.17. The van der Waals surface area contributed by atoms with Crippen LogP contribution in [0.25, 0.3) is 11.1 Å². The van der Waals surface area contributed by atoms with Crippen molar-refractivity contribution >= 4 is 10.0 Å². The fraction of sp³-hybridized carbons (Fsp3) is 0.368. The molecule has 2 aromatic carbocycles. The molecular formula is C19H23NO2S.